The van der Waals surface area contributed by atoms with Crippen LogP contribution in [0.5, 0.6) is 0 Å². The van der Waals surface area contributed by atoms with E-state index in [9.17, 15) is 19.5 Å². The molecule has 4 aliphatic heterocycles. The van der Waals surface area contributed by atoms with Gasteiger partial charge in [-0.1, -0.05) is 61.5 Å². The van der Waals surface area contributed by atoms with E-state index in [0.717, 1.165) is 22.4 Å². The first-order valence-electron chi connectivity index (χ1n) is 16.3. The van der Waals surface area contributed by atoms with E-state index in [4.69, 9.17) is 9.84 Å². The number of benzene rings is 3. The molecule has 0 bridgehead atoms. The van der Waals surface area contributed by atoms with Crippen molar-refractivity contribution in [3.05, 3.63) is 95.1 Å². The van der Waals surface area contributed by atoms with Crippen LogP contribution >= 0.6 is 0 Å². The Hall–Kier alpha value is -4.19. The quantitative estimate of drug-likeness (QED) is 0.278. The van der Waals surface area contributed by atoms with E-state index in [1.807, 2.05) is 61.5 Å². The molecule has 47 heavy (non-hydrogen) atoms. The predicted octanol–water partition coefficient (Wildman–Crippen LogP) is 5.28. The van der Waals surface area contributed by atoms with Gasteiger partial charge in [0.2, 0.25) is 20.2 Å². The van der Waals surface area contributed by atoms with Crippen molar-refractivity contribution in [3.8, 4) is 0 Å². The summed E-state index contributed by atoms with van der Waals surface area (Å²) < 4.78 is 23.0. The van der Waals surface area contributed by atoms with Gasteiger partial charge in [0.1, 0.15) is 0 Å². The van der Waals surface area contributed by atoms with Crippen molar-refractivity contribution in [3.63, 3.8) is 0 Å². The molecule has 9 nitrogen and oxygen atoms in total. The van der Waals surface area contributed by atoms with Crippen LogP contribution in [0.4, 0.5) is 15.5 Å². The fraction of sp³-hybridized carbons (Fsp3) is 0.389. The molecule has 0 aliphatic carbocycles. The Morgan fingerprint density at radius 1 is 1.06 bits per heavy atom. The highest BCUT2D eigenvalue weighted by Crippen LogP contribution is 2.59. The highest BCUT2D eigenvalue weighted by atomic mass is 28.4. The minimum Gasteiger partial charge on any atom is -0.394 e. The Kier molecular flexibility index (Phi) is 7.89. The number of amides is 3. The van der Waals surface area contributed by atoms with Gasteiger partial charge in [-0.2, -0.15) is 5.10 Å². The van der Waals surface area contributed by atoms with Crippen LogP contribution < -0.4 is 10.3 Å². The van der Waals surface area contributed by atoms with E-state index in [1.165, 1.54) is 5.01 Å². The van der Waals surface area contributed by atoms with E-state index in [1.54, 1.807) is 36.2 Å². The molecule has 3 aromatic rings. The molecule has 0 unspecified atom stereocenters. The van der Waals surface area contributed by atoms with Crippen LogP contribution in [0, 0.1) is 5.92 Å². The molecule has 3 amide bonds. The minimum atomic E-state index is -3.51. The molecule has 1 spiro atoms. The third-order valence-electron chi connectivity index (χ3n) is 10.3. The molecule has 0 radical (unpaired) electrons. The minimum absolute atomic E-state index is 0.118. The van der Waals surface area contributed by atoms with Gasteiger partial charge in [-0.05, 0) is 54.4 Å². The lowest BCUT2D eigenvalue weighted by Crippen LogP contribution is -2.48. The smallest absolute Gasteiger partial charge is 0.261 e. The molecule has 7 rings (SSSR count). The second-order valence-corrected chi connectivity index (χ2v) is 17.4. The fourth-order valence-corrected chi connectivity index (χ4v) is 10.6. The predicted molar refractivity (Wildman–Crippen MR) is 179 cm³/mol. The number of carbonyl (C=O) groups is 3. The van der Waals surface area contributed by atoms with Gasteiger partial charge in [-0.3, -0.25) is 14.4 Å². The molecule has 1 fully saturated rings. The van der Waals surface area contributed by atoms with Gasteiger partial charge in [0, 0.05) is 42.1 Å². The molecule has 244 valence electrons. The summed E-state index contributed by atoms with van der Waals surface area (Å²) in [4.78, 5) is 42.7. The number of rotatable bonds is 6. The number of fused-ring (bicyclic) bond motifs is 3. The van der Waals surface area contributed by atoms with Crippen LogP contribution in [0.3, 0.4) is 0 Å². The third-order valence-corrected chi connectivity index (χ3v) is 12.8. The Morgan fingerprint density at radius 2 is 1.79 bits per heavy atom. The van der Waals surface area contributed by atoms with Crippen molar-refractivity contribution in [2.45, 2.75) is 75.5 Å². The van der Waals surface area contributed by atoms with Crippen molar-refractivity contribution >= 4 is 43.2 Å². The maximum atomic E-state index is 16.3. The molecule has 0 saturated carbocycles. The van der Waals surface area contributed by atoms with Gasteiger partial charge < -0.3 is 24.2 Å². The Labute approximate surface area is 274 Å². The second kappa shape index (κ2) is 11.8. The molecule has 11 heteroatoms. The fourth-order valence-electron chi connectivity index (χ4n) is 8.11. The molecule has 0 aromatic heterocycles. The second-order valence-electron chi connectivity index (χ2n) is 13.6. The molecule has 4 heterocycles. The van der Waals surface area contributed by atoms with E-state index >= 15 is 4.11 Å². The molecule has 4 aliphatic rings. The number of nitrogens with zero attached hydrogens (tertiary/aromatic N) is 3. The first kappa shape index (κ1) is 31.4. The summed E-state index contributed by atoms with van der Waals surface area (Å²) >= 11 is 0. The summed E-state index contributed by atoms with van der Waals surface area (Å²) in [6, 6.07) is 22.4. The van der Waals surface area contributed by atoms with Gasteiger partial charge in [-0.25, -0.2) is 5.01 Å². The highest BCUT2D eigenvalue weighted by molar-refractivity contribution is 6.72. The van der Waals surface area contributed by atoms with Gasteiger partial charge >= 0.3 is 0 Å². The van der Waals surface area contributed by atoms with Crippen molar-refractivity contribution in [2.24, 2.45) is 11.0 Å². The average Bonchev–Trinajstić information content (AvgIpc) is 3.52. The van der Waals surface area contributed by atoms with Crippen molar-refractivity contribution < 1.29 is 28.3 Å². The van der Waals surface area contributed by atoms with E-state index < -0.39 is 43.5 Å². The first-order valence-corrected chi connectivity index (χ1v) is 19.2. The number of hydrogen-bond acceptors (Lipinski definition) is 6. The maximum absolute atomic E-state index is 16.3. The van der Waals surface area contributed by atoms with Gasteiger partial charge in [-0.15, -0.1) is 0 Å². The number of anilines is 2. The zero-order chi connectivity index (χ0) is 33.1. The van der Waals surface area contributed by atoms with Crippen LogP contribution in [0.25, 0.3) is 0 Å². The van der Waals surface area contributed by atoms with Crippen LogP contribution in [0.15, 0.2) is 77.9 Å². The standard InChI is InChI=1S/C36H39FN4O5Si/c1-22-34(47(2,3)37)31(19-33(44)40-20-25-12-8-7-11-24(25)17-27(40)21-42)46-36(22)28-18-26(13-14-30(28)38-35(36)45)41-32(43)16-15-29(39-41)23-9-5-4-6-10-23/h4-14,18,22,27,31,34,42H,15-17,19-21H2,1-3H3,(H,38,45)/t22-,27+,31+,34-,36+/m1/s1. The van der Waals surface area contributed by atoms with Crippen molar-refractivity contribution in [2.75, 3.05) is 16.9 Å². The average molecular weight is 655 g/mol. The summed E-state index contributed by atoms with van der Waals surface area (Å²) in [7, 11) is -3.51. The van der Waals surface area contributed by atoms with E-state index in [2.05, 4.69) is 5.32 Å². The SMILES string of the molecule is C[C@@H]1[C@@H]([Si](C)(C)F)[C@H](CC(=O)N2Cc3ccccc3C[C@H]2CO)O[C@@]12C(=O)Nc1ccc(N3N=C(c4ccccc4)CCC3=O)cc12. The Morgan fingerprint density at radius 3 is 2.51 bits per heavy atom. The Bertz CT molecular complexity index is 1780. The molecular weight excluding hydrogens is 616 g/mol. The first-order chi connectivity index (χ1) is 22.5. The summed E-state index contributed by atoms with van der Waals surface area (Å²) in [5.41, 5.74) is 3.13. The number of halogens is 1. The lowest BCUT2D eigenvalue weighted by Gasteiger charge is -2.37. The van der Waals surface area contributed by atoms with Crippen LogP contribution in [-0.2, 0) is 37.7 Å². The monoisotopic (exact) mass is 654 g/mol. The summed E-state index contributed by atoms with van der Waals surface area (Å²) in [6.07, 6.45) is 0.346. The molecule has 5 atom stereocenters. The van der Waals surface area contributed by atoms with Gasteiger partial charge in [0.15, 0.2) is 5.60 Å². The number of hydrazone groups is 1. The molecule has 1 saturated heterocycles. The number of hydrogen-bond donors (Lipinski definition) is 2. The van der Waals surface area contributed by atoms with Crippen LogP contribution in [-0.4, -0.2) is 60.6 Å². The van der Waals surface area contributed by atoms with E-state index in [-0.39, 0.29) is 31.3 Å². The van der Waals surface area contributed by atoms with E-state index in [0.29, 0.717) is 36.3 Å². The summed E-state index contributed by atoms with van der Waals surface area (Å²) in [5.74, 6) is -1.42. The summed E-state index contributed by atoms with van der Waals surface area (Å²) in [6.45, 7) is 5.17. The summed E-state index contributed by atoms with van der Waals surface area (Å²) in [5, 5.41) is 19.2. The zero-order valence-electron chi connectivity index (χ0n) is 26.8. The van der Waals surface area contributed by atoms with Gasteiger partial charge in [0.25, 0.3) is 5.91 Å². The normalized spacial score (nSPS) is 27.0. The topological polar surface area (TPSA) is 112 Å². The largest absolute Gasteiger partial charge is 0.394 e. The third kappa shape index (κ3) is 5.30. The van der Waals surface area contributed by atoms with Crippen molar-refractivity contribution in [1.82, 2.24) is 4.90 Å². The van der Waals surface area contributed by atoms with Crippen LogP contribution in [0.2, 0.25) is 18.6 Å². The number of carbonyl (C=O) groups excluding carboxylic acids is 3. The highest BCUT2D eigenvalue weighted by Gasteiger charge is 2.65. The number of aliphatic hydroxyl groups is 1. The molecular formula is C36H39FN4O5Si. The molecule has 3 aromatic carbocycles. The lowest BCUT2D eigenvalue weighted by molar-refractivity contribution is -0.149. The zero-order valence-corrected chi connectivity index (χ0v) is 27.8. The lowest BCUT2D eigenvalue weighted by atomic mass is 9.82. The van der Waals surface area contributed by atoms with Crippen molar-refractivity contribution in [1.29, 1.82) is 0 Å². The van der Waals surface area contributed by atoms with Gasteiger partial charge in [0.05, 0.1) is 36.6 Å². The number of ether oxygens (including phenoxy) is 1. The maximum Gasteiger partial charge on any atom is 0.261 e. The Balaban J connectivity index is 1.22. The van der Waals surface area contributed by atoms with Crippen LogP contribution in [0.1, 0.15) is 48.4 Å². The number of aliphatic hydroxyl groups excluding tert-OH is 1. The number of nitrogens with one attached hydrogen (secondary N) is 1. The molecule has 2 N–H and O–H groups in total.